The second-order valence-corrected chi connectivity index (χ2v) is 4.89. The highest BCUT2D eigenvalue weighted by Gasteiger charge is 2.04. The van der Waals surface area contributed by atoms with Crippen molar-refractivity contribution in [2.45, 2.75) is 27.2 Å². The van der Waals surface area contributed by atoms with E-state index in [4.69, 9.17) is 0 Å². The van der Waals surface area contributed by atoms with Gasteiger partial charge in [0, 0.05) is 30.9 Å². The van der Waals surface area contributed by atoms with E-state index in [9.17, 15) is 9.59 Å². The standard InChI is InChI=1S/C16H26N4O2/c1-4-15(21)18-13-7-9-14(10-8-13)19-16(22)17-11-12-20(5-2)6-3/h7-10H,4-6,11-12H2,1-3H3,(H,18,21)(H2,17,19,22). The van der Waals surface area contributed by atoms with Crippen LogP contribution in [-0.4, -0.2) is 43.0 Å². The first-order valence-corrected chi connectivity index (χ1v) is 7.76. The third kappa shape index (κ3) is 6.58. The van der Waals surface area contributed by atoms with E-state index < -0.39 is 0 Å². The van der Waals surface area contributed by atoms with Crippen LogP contribution in [0.25, 0.3) is 0 Å². The highest BCUT2D eigenvalue weighted by atomic mass is 16.2. The summed E-state index contributed by atoms with van der Waals surface area (Å²) < 4.78 is 0. The number of urea groups is 1. The van der Waals surface area contributed by atoms with E-state index in [-0.39, 0.29) is 11.9 Å². The lowest BCUT2D eigenvalue weighted by molar-refractivity contribution is -0.115. The molecule has 0 spiro atoms. The van der Waals surface area contributed by atoms with Crippen molar-refractivity contribution in [1.82, 2.24) is 10.2 Å². The molecule has 1 aromatic rings. The van der Waals surface area contributed by atoms with Crippen molar-refractivity contribution in [2.24, 2.45) is 0 Å². The maximum Gasteiger partial charge on any atom is 0.319 e. The molecular weight excluding hydrogens is 280 g/mol. The van der Waals surface area contributed by atoms with Gasteiger partial charge in [-0.15, -0.1) is 0 Å². The van der Waals surface area contributed by atoms with E-state index in [2.05, 4.69) is 34.7 Å². The van der Waals surface area contributed by atoms with Gasteiger partial charge in [-0.25, -0.2) is 4.79 Å². The molecule has 0 bridgehead atoms. The Kier molecular flexibility index (Phi) is 7.99. The Bertz CT molecular complexity index is 470. The molecule has 1 rings (SSSR count). The Morgan fingerprint density at radius 1 is 0.955 bits per heavy atom. The second-order valence-electron chi connectivity index (χ2n) is 4.89. The molecule has 0 saturated carbocycles. The third-order valence-electron chi connectivity index (χ3n) is 3.36. The summed E-state index contributed by atoms with van der Waals surface area (Å²) in [5, 5.41) is 8.35. The monoisotopic (exact) mass is 306 g/mol. The molecule has 3 N–H and O–H groups in total. The van der Waals surface area contributed by atoms with Crippen LogP contribution in [0.4, 0.5) is 16.2 Å². The van der Waals surface area contributed by atoms with Crippen LogP contribution in [0.3, 0.4) is 0 Å². The summed E-state index contributed by atoms with van der Waals surface area (Å²) in [6, 6.07) is 6.82. The Morgan fingerprint density at radius 2 is 1.50 bits per heavy atom. The van der Waals surface area contributed by atoms with E-state index in [0.717, 1.165) is 25.3 Å². The quantitative estimate of drug-likeness (QED) is 0.691. The molecule has 122 valence electrons. The number of amides is 3. The van der Waals surface area contributed by atoms with Gasteiger partial charge in [0.25, 0.3) is 0 Å². The van der Waals surface area contributed by atoms with Crippen molar-refractivity contribution in [3.05, 3.63) is 24.3 Å². The van der Waals surface area contributed by atoms with Crippen molar-refractivity contribution in [3.63, 3.8) is 0 Å². The largest absolute Gasteiger partial charge is 0.337 e. The third-order valence-corrected chi connectivity index (χ3v) is 3.36. The van der Waals surface area contributed by atoms with E-state index in [1.165, 1.54) is 0 Å². The lowest BCUT2D eigenvalue weighted by atomic mass is 10.2. The molecule has 0 aliphatic rings. The van der Waals surface area contributed by atoms with Crippen LogP contribution < -0.4 is 16.0 Å². The fourth-order valence-corrected chi connectivity index (χ4v) is 1.93. The molecule has 0 unspecified atom stereocenters. The zero-order chi connectivity index (χ0) is 16.4. The van der Waals surface area contributed by atoms with E-state index in [0.29, 0.717) is 18.7 Å². The van der Waals surface area contributed by atoms with Gasteiger partial charge in [-0.2, -0.15) is 0 Å². The van der Waals surface area contributed by atoms with Crippen molar-refractivity contribution in [2.75, 3.05) is 36.8 Å². The van der Waals surface area contributed by atoms with E-state index >= 15 is 0 Å². The van der Waals surface area contributed by atoms with Crippen LogP contribution in [0.1, 0.15) is 27.2 Å². The number of benzene rings is 1. The molecule has 0 atom stereocenters. The fraction of sp³-hybridized carbons (Fsp3) is 0.500. The van der Waals surface area contributed by atoms with Gasteiger partial charge in [-0.05, 0) is 37.4 Å². The minimum Gasteiger partial charge on any atom is -0.337 e. The van der Waals surface area contributed by atoms with Gasteiger partial charge in [0.15, 0.2) is 0 Å². The van der Waals surface area contributed by atoms with Gasteiger partial charge < -0.3 is 20.9 Å². The lowest BCUT2D eigenvalue weighted by Gasteiger charge is -2.18. The number of carbonyl (C=O) groups is 2. The van der Waals surface area contributed by atoms with Crippen LogP contribution in [-0.2, 0) is 4.79 Å². The van der Waals surface area contributed by atoms with Gasteiger partial charge in [-0.3, -0.25) is 4.79 Å². The molecule has 6 nitrogen and oxygen atoms in total. The molecule has 0 saturated heterocycles. The molecular formula is C16H26N4O2. The Balaban J connectivity index is 2.36. The van der Waals surface area contributed by atoms with E-state index in [1.54, 1.807) is 31.2 Å². The van der Waals surface area contributed by atoms with Gasteiger partial charge in [-0.1, -0.05) is 20.8 Å². The number of nitrogens with zero attached hydrogens (tertiary/aromatic N) is 1. The predicted octanol–water partition coefficient (Wildman–Crippen LogP) is 2.50. The Morgan fingerprint density at radius 3 is 2.00 bits per heavy atom. The summed E-state index contributed by atoms with van der Waals surface area (Å²) in [7, 11) is 0. The minimum atomic E-state index is -0.225. The maximum atomic E-state index is 11.8. The molecule has 0 aliphatic carbocycles. The maximum absolute atomic E-state index is 11.8. The first kappa shape index (κ1) is 18.0. The average molecular weight is 306 g/mol. The number of nitrogens with one attached hydrogen (secondary N) is 3. The number of likely N-dealkylation sites (N-methyl/N-ethyl adjacent to an activating group) is 1. The first-order valence-electron chi connectivity index (χ1n) is 7.76. The smallest absolute Gasteiger partial charge is 0.319 e. The number of hydrogen-bond donors (Lipinski definition) is 3. The molecule has 0 aromatic heterocycles. The summed E-state index contributed by atoms with van der Waals surface area (Å²) in [4.78, 5) is 25.3. The second kappa shape index (κ2) is 9.78. The average Bonchev–Trinajstić information content (AvgIpc) is 2.53. The zero-order valence-corrected chi connectivity index (χ0v) is 13.6. The summed E-state index contributed by atoms with van der Waals surface area (Å²) >= 11 is 0. The number of anilines is 2. The first-order chi connectivity index (χ1) is 10.6. The normalized spacial score (nSPS) is 10.4. The van der Waals surface area contributed by atoms with Crippen molar-refractivity contribution in [3.8, 4) is 0 Å². The molecule has 0 fully saturated rings. The Hall–Kier alpha value is -2.08. The Labute approximate surface area is 132 Å². The summed E-state index contributed by atoms with van der Waals surface area (Å²) in [6.07, 6.45) is 0.439. The van der Waals surface area contributed by atoms with Crippen molar-refractivity contribution in [1.29, 1.82) is 0 Å². The molecule has 1 aromatic carbocycles. The molecule has 0 aliphatic heterocycles. The van der Waals surface area contributed by atoms with Gasteiger partial charge in [0.05, 0.1) is 0 Å². The van der Waals surface area contributed by atoms with Crippen molar-refractivity contribution >= 4 is 23.3 Å². The molecule has 6 heteroatoms. The van der Waals surface area contributed by atoms with Gasteiger partial charge >= 0.3 is 6.03 Å². The summed E-state index contributed by atoms with van der Waals surface area (Å²) in [6.45, 7) is 9.40. The van der Waals surface area contributed by atoms with Crippen LogP contribution in [0.15, 0.2) is 24.3 Å². The fourth-order valence-electron chi connectivity index (χ4n) is 1.93. The lowest BCUT2D eigenvalue weighted by Crippen LogP contribution is -2.36. The topological polar surface area (TPSA) is 73.5 Å². The van der Waals surface area contributed by atoms with Crippen molar-refractivity contribution < 1.29 is 9.59 Å². The summed E-state index contributed by atoms with van der Waals surface area (Å²) in [5.41, 5.74) is 1.41. The van der Waals surface area contributed by atoms with Crippen LogP contribution in [0, 0.1) is 0 Å². The van der Waals surface area contributed by atoms with Crippen LogP contribution >= 0.6 is 0 Å². The highest BCUT2D eigenvalue weighted by Crippen LogP contribution is 2.13. The number of carbonyl (C=O) groups excluding carboxylic acids is 2. The number of rotatable bonds is 8. The van der Waals surface area contributed by atoms with Crippen LogP contribution in [0.2, 0.25) is 0 Å². The highest BCUT2D eigenvalue weighted by molar-refractivity contribution is 5.92. The number of hydrogen-bond acceptors (Lipinski definition) is 3. The van der Waals surface area contributed by atoms with Gasteiger partial charge in [0.1, 0.15) is 0 Å². The van der Waals surface area contributed by atoms with Crippen LogP contribution in [0.5, 0.6) is 0 Å². The van der Waals surface area contributed by atoms with E-state index in [1.807, 2.05) is 0 Å². The zero-order valence-electron chi connectivity index (χ0n) is 13.6. The predicted molar refractivity (Wildman–Crippen MR) is 90.2 cm³/mol. The minimum absolute atomic E-state index is 0.0325. The molecule has 0 radical (unpaired) electrons. The SMILES string of the molecule is CCC(=O)Nc1ccc(NC(=O)NCCN(CC)CC)cc1. The molecule has 0 heterocycles. The van der Waals surface area contributed by atoms with Gasteiger partial charge in [0.2, 0.25) is 5.91 Å². The summed E-state index contributed by atoms with van der Waals surface area (Å²) in [5.74, 6) is -0.0325. The molecule has 22 heavy (non-hydrogen) atoms. The molecule has 3 amide bonds.